The lowest BCUT2D eigenvalue weighted by molar-refractivity contribution is 0.142. The third-order valence-corrected chi connectivity index (χ3v) is 5.21. The van der Waals surface area contributed by atoms with Gasteiger partial charge in [-0.05, 0) is 42.8 Å². The molecule has 1 aliphatic heterocycles. The average Bonchev–Trinajstić information content (AvgIpc) is 2.65. The van der Waals surface area contributed by atoms with Crippen LogP contribution in [-0.4, -0.2) is 49.1 Å². The van der Waals surface area contributed by atoms with Crippen LogP contribution in [0.4, 0.5) is 10.5 Å². The lowest BCUT2D eigenvalue weighted by Gasteiger charge is -2.35. The van der Waals surface area contributed by atoms with E-state index in [1.165, 1.54) is 0 Å². The highest BCUT2D eigenvalue weighted by molar-refractivity contribution is 6.33. The minimum atomic E-state index is -0.124. The summed E-state index contributed by atoms with van der Waals surface area (Å²) in [5.41, 5.74) is 2.75. The van der Waals surface area contributed by atoms with E-state index in [4.69, 9.17) is 27.9 Å². The van der Waals surface area contributed by atoms with E-state index in [9.17, 15) is 4.79 Å². The smallest absolute Gasteiger partial charge is 0.321 e. The normalized spacial score (nSPS) is 14.9. The number of anilines is 1. The third-order valence-electron chi connectivity index (χ3n) is 4.66. The summed E-state index contributed by atoms with van der Waals surface area (Å²) in [6, 6.07) is 11.1. The number of hydrogen-bond acceptors (Lipinski definition) is 3. The van der Waals surface area contributed by atoms with Crippen molar-refractivity contribution in [1.29, 1.82) is 0 Å². The average molecular weight is 408 g/mol. The number of hydrogen-bond donors (Lipinski definition) is 1. The van der Waals surface area contributed by atoms with Crippen molar-refractivity contribution in [2.75, 3.05) is 38.6 Å². The van der Waals surface area contributed by atoms with Gasteiger partial charge in [0.1, 0.15) is 5.75 Å². The van der Waals surface area contributed by atoms with Gasteiger partial charge in [0.25, 0.3) is 0 Å². The van der Waals surface area contributed by atoms with Crippen molar-refractivity contribution < 1.29 is 9.53 Å². The fourth-order valence-corrected chi connectivity index (χ4v) is 3.61. The predicted octanol–water partition coefficient (Wildman–Crippen LogP) is 4.66. The Kier molecular flexibility index (Phi) is 6.47. The first-order chi connectivity index (χ1) is 13.0. The first-order valence-electron chi connectivity index (χ1n) is 8.83. The third kappa shape index (κ3) is 5.06. The van der Waals surface area contributed by atoms with Gasteiger partial charge in [-0.1, -0.05) is 29.3 Å². The number of nitrogens with zero attached hydrogens (tertiary/aromatic N) is 2. The molecule has 144 valence electrons. The van der Waals surface area contributed by atoms with E-state index in [-0.39, 0.29) is 6.03 Å². The van der Waals surface area contributed by atoms with Crippen molar-refractivity contribution in [3.8, 4) is 5.75 Å². The number of ether oxygens (including phenoxy) is 1. The van der Waals surface area contributed by atoms with Crippen LogP contribution in [-0.2, 0) is 6.54 Å². The Balaban J connectivity index is 1.55. The highest BCUT2D eigenvalue weighted by Crippen LogP contribution is 2.25. The second-order valence-corrected chi connectivity index (χ2v) is 7.48. The highest BCUT2D eigenvalue weighted by Gasteiger charge is 2.22. The number of carbonyl (C=O) groups is 1. The summed E-state index contributed by atoms with van der Waals surface area (Å²) >= 11 is 12.3. The quantitative estimate of drug-likeness (QED) is 0.801. The summed E-state index contributed by atoms with van der Waals surface area (Å²) < 4.78 is 5.41. The molecular formula is C20H23Cl2N3O2. The van der Waals surface area contributed by atoms with Gasteiger partial charge in [-0.2, -0.15) is 0 Å². The fourth-order valence-electron chi connectivity index (χ4n) is 3.14. The highest BCUT2D eigenvalue weighted by atomic mass is 35.5. The first kappa shape index (κ1) is 19.8. The monoisotopic (exact) mass is 407 g/mol. The number of urea groups is 1. The largest absolute Gasteiger partial charge is 0.496 e. The molecule has 1 aliphatic rings. The molecule has 5 nitrogen and oxygen atoms in total. The van der Waals surface area contributed by atoms with E-state index in [1.807, 2.05) is 48.2 Å². The lowest BCUT2D eigenvalue weighted by Crippen LogP contribution is -2.49. The maximum atomic E-state index is 12.5. The van der Waals surface area contributed by atoms with Crippen molar-refractivity contribution >= 4 is 34.9 Å². The van der Waals surface area contributed by atoms with Crippen molar-refractivity contribution in [1.82, 2.24) is 9.80 Å². The van der Waals surface area contributed by atoms with E-state index in [1.54, 1.807) is 7.11 Å². The van der Waals surface area contributed by atoms with Crippen LogP contribution in [0.15, 0.2) is 36.4 Å². The van der Waals surface area contributed by atoms with E-state index in [2.05, 4.69) is 10.2 Å². The topological polar surface area (TPSA) is 44.8 Å². The number of amides is 2. The van der Waals surface area contributed by atoms with Crippen LogP contribution < -0.4 is 10.1 Å². The summed E-state index contributed by atoms with van der Waals surface area (Å²) in [4.78, 5) is 16.6. The molecule has 0 radical (unpaired) electrons. The number of methoxy groups -OCH3 is 1. The number of piperazine rings is 1. The Hall–Kier alpha value is -1.95. The second kappa shape index (κ2) is 8.83. The van der Waals surface area contributed by atoms with Gasteiger partial charge >= 0.3 is 6.03 Å². The molecule has 2 amide bonds. The Bertz CT molecular complexity index is 821. The molecule has 1 saturated heterocycles. The zero-order valence-corrected chi connectivity index (χ0v) is 17.0. The molecular weight excluding hydrogens is 385 g/mol. The van der Waals surface area contributed by atoms with Crippen LogP contribution in [0.3, 0.4) is 0 Å². The standard InChI is InChI=1S/C20H23Cl2N3O2/c1-14-3-5-18(17(22)11-14)23-20(26)25-9-7-24(8-10-25)13-15-12-16(21)4-6-19(15)27-2/h3-6,11-12H,7-10,13H2,1-2H3,(H,23,26). The van der Waals surface area contributed by atoms with Gasteiger partial charge < -0.3 is 15.0 Å². The molecule has 0 atom stereocenters. The van der Waals surface area contributed by atoms with E-state index >= 15 is 0 Å². The Labute approximate surface area is 169 Å². The van der Waals surface area contributed by atoms with Crippen LogP contribution in [0.5, 0.6) is 5.75 Å². The van der Waals surface area contributed by atoms with Crippen molar-refractivity contribution in [2.45, 2.75) is 13.5 Å². The zero-order chi connectivity index (χ0) is 19.4. The van der Waals surface area contributed by atoms with E-state index < -0.39 is 0 Å². The first-order valence-corrected chi connectivity index (χ1v) is 9.58. The molecule has 0 bridgehead atoms. The molecule has 1 N–H and O–H groups in total. The van der Waals surface area contributed by atoms with Gasteiger partial charge in [0.2, 0.25) is 0 Å². The molecule has 0 spiro atoms. The van der Waals surface area contributed by atoms with Gasteiger partial charge in [0.15, 0.2) is 0 Å². The van der Waals surface area contributed by atoms with Crippen LogP contribution in [0.1, 0.15) is 11.1 Å². The molecule has 27 heavy (non-hydrogen) atoms. The maximum Gasteiger partial charge on any atom is 0.321 e. The minimum absolute atomic E-state index is 0.124. The second-order valence-electron chi connectivity index (χ2n) is 6.63. The SMILES string of the molecule is COc1ccc(Cl)cc1CN1CCN(C(=O)Nc2ccc(C)cc2Cl)CC1. The Morgan fingerprint density at radius 1 is 1.11 bits per heavy atom. The van der Waals surface area contributed by atoms with Crippen LogP contribution in [0.2, 0.25) is 10.0 Å². The maximum absolute atomic E-state index is 12.5. The van der Waals surface area contributed by atoms with Crippen LogP contribution in [0.25, 0.3) is 0 Å². The molecule has 2 aromatic carbocycles. The van der Waals surface area contributed by atoms with Crippen molar-refractivity contribution in [3.63, 3.8) is 0 Å². The minimum Gasteiger partial charge on any atom is -0.496 e. The van der Waals surface area contributed by atoms with Gasteiger partial charge in [0, 0.05) is 43.3 Å². The van der Waals surface area contributed by atoms with E-state index in [0.29, 0.717) is 28.8 Å². The number of nitrogens with one attached hydrogen (secondary N) is 1. The Morgan fingerprint density at radius 2 is 1.85 bits per heavy atom. The summed E-state index contributed by atoms with van der Waals surface area (Å²) in [6.07, 6.45) is 0. The molecule has 1 fully saturated rings. The fraction of sp³-hybridized carbons (Fsp3) is 0.350. The van der Waals surface area contributed by atoms with Gasteiger partial charge in [-0.25, -0.2) is 4.79 Å². The molecule has 0 unspecified atom stereocenters. The number of halogens is 2. The van der Waals surface area contributed by atoms with Gasteiger partial charge in [-0.3, -0.25) is 4.90 Å². The molecule has 7 heteroatoms. The summed E-state index contributed by atoms with van der Waals surface area (Å²) in [6.45, 7) is 5.57. The summed E-state index contributed by atoms with van der Waals surface area (Å²) in [5.74, 6) is 0.827. The van der Waals surface area contributed by atoms with Crippen molar-refractivity contribution in [3.05, 3.63) is 57.6 Å². The lowest BCUT2D eigenvalue weighted by atomic mass is 10.1. The molecule has 1 heterocycles. The Morgan fingerprint density at radius 3 is 2.52 bits per heavy atom. The number of aryl methyl sites for hydroxylation is 1. The molecule has 0 aromatic heterocycles. The number of carbonyl (C=O) groups excluding carboxylic acids is 1. The van der Waals surface area contributed by atoms with E-state index in [0.717, 1.165) is 36.5 Å². The summed E-state index contributed by atoms with van der Waals surface area (Å²) in [5, 5.41) is 4.14. The molecule has 0 saturated carbocycles. The molecule has 3 rings (SSSR count). The molecule has 2 aromatic rings. The van der Waals surface area contributed by atoms with Gasteiger partial charge in [-0.15, -0.1) is 0 Å². The zero-order valence-electron chi connectivity index (χ0n) is 15.5. The van der Waals surface area contributed by atoms with Gasteiger partial charge in [0.05, 0.1) is 17.8 Å². The predicted molar refractivity (Wildman–Crippen MR) is 110 cm³/mol. The number of benzene rings is 2. The molecule has 0 aliphatic carbocycles. The summed E-state index contributed by atoms with van der Waals surface area (Å²) in [7, 11) is 1.66. The van der Waals surface area contributed by atoms with Crippen LogP contribution in [0, 0.1) is 6.92 Å². The van der Waals surface area contributed by atoms with Crippen LogP contribution >= 0.6 is 23.2 Å². The number of rotatable bonds is 4. The van der Waals surface area contributed by atoms with Crippen molar-refractivity contribution in [2.24, 2.45) is 0 Å².